The molecule has 0 N–H and O–H groups in total. The number of aromatic nitrogens is 2. The Bertz CT molecular complexity index is 1050. The molecular weight excluding hydrogens is 381 g/mol. The zero-order valence-corrected chi connectivity index (χ0v) is 17.0. The molecular formula is C24H24FN3O2. The second kappa shape index (κ2) is 8.03. The van der Waals surface area contributed by atoms with E-state index in [1.54, 1.807) is 12.1 Å². The summed E-state index contributed by atoms with van der Waals surface area (Å²) in [4.78, 5) is 11.7. The van der Waals surface area contributed by atoms with E-state index in [-0.39, 0.29) is 5.82 Å². The highest BCUT2D eigenvalue weighted by Crippen LogP contribution is 2.35. The molecule has 0 saturated carbocycles. The van der Waals surface area contributed by atoms with Gasteiger partial charge in [0.25, 0.3) is 0 Å². The molecule has 0 aliphatic carbocycles. The SMILES string of the molecule is Cc1ncc(-c2ccc(F)cc2)c(C2CCCN(Cc3ccc4c(c3)OCO4)C2)n1. The number of nitrogens with zero attached hydrogens (tertiary/aromatic N) is 3. The fourth-order valence-electron chi connectivity index (χ4n) is 4.37. The lowest BCUT2D eigenvalue weighted by atomic mass is 9.89. The number of aryl methyl sites for hydroxylation is 1. The van der Waals surface area contributed by atoms with Crippen molar-refractivity contribution in [1.29, 1.82) is 0 Å². The van der Waals surface area contributed by atoms with Crippen LogP contribution in [0.3, 0.4) is 0 Å². The molecule has 1 aromatic heterocycles. The molecule has 2 aliphatic heterocycles. The molecule has 3 aromatic rings. The van der Waals surface area contributed by atoms with Crippen molar-refractivity contribution in [3.63, 3.8) is 0 Å². The highest BCUT2D eigenvalue weighted by molar-refractivity contribution is 5.65. The van der Waals surface area contributed by atoms with E-state index in [1.807, 2.05) is 19.2 Å². The molecule has 1 fully saturated rings. The van der Waals surface area contributed by atoms with Crippen LogP contribution in [0, 0.1) is 12.7 Å². The number of rotatable bonds is 4. The first kappa shape index (κ1) is 19.0. The number of likely N-dealkylation sites (tertiary alicyclic amines) is 1. The molecule has 5 rings (SSSR count). The van der Waals surface area contributed by atoms with Crippen LogP contribution in [0.25, 0.3) is 11.1 Å². The molecule has 0 amide bonds. The van der Waals surface area contributed by atoms with Gasteiger partial charge in [-0.15, -0.1) is 0 Å². The number of fused-ring (bicyclic) bond motifs is 1. The minimum atomic E-state index is -0.235. The van der Waals surface area contributed by atoms with Crippen molar-refractivity contribution >= 4 is 0 Å². The van der Waals surface area contributed by atoms with Crippen molar-refractivity contribution in [1.82, 2.24) is 14.9 Å². The summed E-state index contributed by atoms with van der Waals surface area (Å²) in [6.07, 6.45) is 4.07. The molecule has 2 aliphatic rings. The summed E-state index contributed by atoms with van der Waals surface area (Å²) in [5, 5.41) is 0. The van der Waals surface area contributed by atoms with Crippen molar-refractivity contribution in [2.24, 2.45) is 0 Å². The largest absolute Gasteiger partial charge is 0.454 e. The summed E-state index contributed by atoms with van der Waals surface area (Å²) in [6, 6.07) is 12.8. The van der Waals surface area contributed by atoms with Crippen LogP contribution in [0.1, 0.15) is 35.8 Å². The highest BCUT2D eigenvalue weighted by Gasteiger charge is 2.26. The average molecular weight is 405 g/mol. The van der Waals surface area contributed by atoms with Crippen LogP contribution in [-0.2, 0) is 6.54 Å². The third-order valence-corrected chi connectivity index (χ3v) is 5.83. The lowest BCUT2D eigenvalue weighted by Crippen LogP contribution is -2.34. The maximum atomic E-state index is 13.4. The molecule has 6 heteroatoms. The number of halogens is 1. The highest BCUT2D eigenvalue weighted by atomic mass is 19.1. The Morgan fingerprint density at radius 1 is 1.10 bits per heavy atom. The summed E-state index contributed by atoms with van der Waals surface area (Å²) in [6.45, 7) is 5.07. The summed E-state index contributed by atoms with van der Waals surface area (Å²) in [5.74, 6) is 2.49. The lowest BCUT2D eigenvalue weighted by Gasteiger charge is -2.33. The Hall–Kier alpha value is -2.99. The molecule has 3 heterocycles. The quantitative estimate of drug-likeness (QED) is 0.630. The molecule has 30 heavy (non-hydrogen) atoms. The molecule has 5 nitrogen and oxygen atoms in total. The van der Waals surface area contributed by atoms with Gasteiger partial charge in [0.1, 0.15) is 11.6 Å². The van der Waals surface area contributed by atoms with Gasteiger partial charge in [-0.25, -0.2) is 14.4 Å². The monoisotopic (exact) mass is 405 g/mol. The van der Waals surface area contributed by atoms with E-state index in [0.29, 0.717) is 12.7 Å². The average Bonchev–Trinajstić information content (AvgIpc) is 3.23. The van der Waals surface area contributed by atoms with E-state index in [4.69, 9.17) is 14.5 Å². The molecule has 0 spiro atoms. The summed E-state index contributed by atoms with van der Waals surface area (Å²) < 4.78 is 24.3. The molecule has 1 saturated heterocycles. The Morgan fingerprint density at radius 2 is 1.93 bits per heavy atom. The van der Waals surface area contributed by atoms with Crippen LogP contribution >= 0.6 is 0 Å². The van der Waals surface area contributed by atoms with Crippen LogP contribution in [0.15, 0.2) is 48.7 Å². The molecule has 1 atom stereocenters. The summed E-state index contributed by atoms with van der Waals surface area (Å²) >= 11 is 0. The number of hydrogen-bond acceptors (Lipinski definition) is 5. The first-order chi connectivity index (χ1) is 14.7. The standard InChI is InChI=1S/C24H24FN3O2/c1-16-26-12-21(18-5-7-20(25)8-6-18)24(27-16)19-3-2-10-28(14-19)13-17-4-9-22-23(11-17)30-15-29-22/h4-9,11-12,19H,2-3,10,13-15H2,1H3. The van der Waals surface area contributed by atoms with Crippen molar-refractivity contribution in [2.75, 3.05) is 19.9 Å². The Labute approximate surface area is 175 Å². The van der Waals surface area contributed by atoms with Crippen molar-refractivity contribution in [3.05, 3.63) is 71.6 Å². The molecule has 2 aromatic carbocycles. The normalized spacial score (nSPS) is 18.5. The minimum absolute atomic E-state index is 0.235. The van der Waals surface area contributed by atoms with Crippen LogP contribution in [0.4, 0.5) is 4.39 Å². The van der Waals surface area contributed by atoms with Gasteiger partial charge in [0.15, 0.2) is 11.5 Å². The van der Waals surface area contributed by atoms with E-state index in [0.717, 1.165) is 66.6 Å². The zero-order valence-electron chi connectivity index (χ0n) is 17.0. The number of benzene rings is 2. The fraction of sp³-hybridized carbons (Fsp3) is 0.333. The third kappa shape index (κ3) is 3.87. The Balaban J connectivity index is 1.38. The van der Waals surface area contributed by atoms with E-state index in [1.165, 1.54) is 17.7 Å². The van der Waals surface area contributed by atoms with E-state index < -0.39 is 0 Å². The van der Waals surface area contributed by atoms with Gasteiger partial charge >= 0.3 is 0 Å². The first-order valence-corrected chi connectivity index (χ1v) is 10.4. The van der Waals surface area contributed by atoms with Crippen molar-refractivity contribution < 1.29 is 13.9 Å². The number of hydrogen-bond donors (Lipinski definition) is 0. The van der Waals surface area contributed by atoms with Gasteiger partial charge in [0.05, 0.1) is 5.69 Å². The Morgan fingerprint density at radius 3 is 2.80 bits per heavy atom. The Kier molecular flexibility index (Phi) is 5.09. The maximum absolute atomic E-state index is 13.4. The smallest absolute Gasteiger partial charge is 0.231 e. The van der Waals surface area contributed by atoms with E-state index >= 15 is 0 Å². The van der Waals surface area contributed by atoms with Crippen LogP contribution < -0.4 is 9.47 Å². The fourth-order valence-corrected chi connectivity index (χ4v) is 4.37. The van der Waals surface area contributed by atoms with Gasteiger partial charge in [-0.1, -0.05) is 18.2 Å². The van der Waals surface area contributed by atoms with Gasteiger partial charge in [-0.05, 0) is 61.7 Å². The molecule has 0 bridgehead atoms. The second-order valence-electron chi connectivity index (χ2n) is 7.98. The van der Waals surface area contributed by atoms with Gasteiger partial charge in [-0.3, -0.25) is 4.90 Å². The molecule has 154 valence electrons. The summed E-state index contributed by atoms with van der Waals surface area (Å²) in [5.41, 5.74) is 4.23. The predicted octanol–water partition coefficient (Wildman–Crippen LogP) is 4.70. The van der Waals surface area contributed by atoms with Crippen molar-refractivity contribution in [2.45, 2.75) is 32.2 Å². The van der Waals surface area contributed by atoms with E-state index in [2.05, 4.69) is 22.0 Å². The van der Waals surface area contributed by atoms with Gasteiger partial charge in [0.2, 0.25) is 6.79 Å². The topological polar surface area (TPSA) is 47.5 Å². The van der Waals surface area contributed by atoms with Gasteiger partial charge in [-0.2, -0.15) is 0 Å². The third-order valence-electron chi connectivity index (χ3n) is 5.83. The molecule has 1 unspecified atom stereocenters. The lowest BCUT2D eigenvalue weighted by molar-refractivity contribution is 0.173. The van der Waals surface area contributed by atoms with Gasteiger partial charge in [0, 0.05) is 30.8 Å². The zero-order chi connectivity index (χ0) is 20.5. The van der Waals surface area contributed by atoms with E-state index in [9.17, 15) is 4.39 Å². The van der Waals surface area contributed by atoms with Crippen LogP contribution in [-0.4, -0.2) is 34.8 Å². The second-order valence-corrected chi connectivity index (χ2v) is 7.98. The van der Waals surface area contributed by atoms with Crippen LogP contribution in [0.5, 0.6) is 11.5 Å². The molecule has 0 radical (unpaired) electrons. The minimum Gasteiger partial charge on any atom is -0.454 e. The van der Waals surface area contributed by atoms with Gasteiger partial charge < -0.3 is 9.47 Å². The van der Waals surface area contributed by atoms with Crippen molar-refractivity contribution in [3.8, 4) is 22.6 Å². The number of piperidine rings is 1. The van der Waals surface area contributed by atoms with Crippen LogP contribution in [0.2, 0.25) is 0 Å². The summed E-state index contributed by atoms with van der Waals surface area (Å²) in [7, 11) is 0. The number of ether oxygens (including phenoxy) is 2. The first-order valence-electron chi connectivity index (χ1n) is 10.4. The predicted molar refractivity (Wildman–Crippen MR) is 112 cm³/mol. The maximum Gasteiger partial charge on any atom is 0.231 e.